The van der Waals surface area contributed by atoms with Crippen LogP contribution in [-0.2, 0) is 16.1 Å². The number of hydrogen-bond donors (Lipinski definition) is 0. The Morgan fingerprint density at radius 2 is 1.92 bits per heavy atom. The molecule has 1 atom stereocenters. The number of nitro groups is 1. The largest absolute Gasteiger partial charge is 0.465 e. The molecule has 8 heteroatoms. The summed E-state index contributed by atoms with van der Waals surface area (Å²) in [7, 11) is 0. The van der Waals surface area contributed by atoms with Crippen LogP contribution < -0.4 is 0 Å². The molecule has 1 unspecified atom stereocenters. The molecule has 0 radical (unpaired) electrons. The minimum Gasteiger partial charge on any atom is -0.465 e. The maximum Gasteiger partial charge on any atom is 0.386 e. The van der Waals surface area contributed by atoms with Crippen molar-refractivity contribution in [2.75, 3.05) is 6.61 Å². The highest BCUT2D eigenvalue weighted by atomic mass is 16.6. The fourth-order valence-corrected chi connectivity index (χ4v) is 2.72. The van der Waals surface area contributed by atoms with Gasteiger partial charge in [-0.1, -0.05) is 30.3 Å². The van der Waals surface area contributed by atoms with Crippen molar-refractivity contribution in [3.63, 3.8) is 0 Å². The molecular weight excluding hydrogens is 326 g/mol. The van der Waals surface area contributed by atoms with Gasteiger partial charge in [-0.25, -0.2) is 0 Å². The average Bonchev–Trinajstić information content (AvgIpc) is 2.92. The van der Waals surface area contributed by atoms with Crippen LogP contribution in [0.2, 0.25) is 0 Å². The molecule has 0 saturated heterocycles. The first-order valence-electron chi connectivity index (χ1n) is 7.89. The Hall–Kier alpha value is -3.03. The van der Waals surface area contributed by atoms with E-state index in [0.29, 0.717) is 12.4 Å². The van der Waals surface area contributed by atoms with Crippen molar-refractivity contribution < 1.29 is 19.2 Å². The molecule has 0 N–H and O–H groups in total. The third-order valence-corrected chi connectivity index (χ3v) is 3.78. The Balaban J connectivity index is 2.67. The van der Waals surface area contributed by atoms with Crippen LogP contribution in [-0.4, -0.2) is 32.8 Å². The minimum absolute atomic E-state index is 0.0442. The van der Waals surface area contributed by atoms with Crippen molar-refractivity contribution in [1.82, 2.24) is 9.55 Å². The predicted molar refractivity (Wildman–Crippen MR) is 89.4 cm³/mol. The highest BCUT2D eigenvalue weighted by Gasteiger charge is 2.41. The second kappa shape index (κ2) is 7.69. The van der Waals surface area contributed by atoms with Crippen molar-refractivity contribution in [2.24, 2.45) is 0 Å². The van der Waals surface area contributed by atoms with E-state index < -0.39 is 28.4 Å². The van der Waals surface area contributed by atoms with Gasteiger partial charge in [-0.05, 0) is 23.8 Å². The summed E-state index contributed by atoms with van der Waals surface area (Å²) < 4.78 is 6.52. The molecule has 2 rings (SSSR count). The number of carbonyl (C=O) groups excluding carboxylic acids is 2. The molecule has 0 aliphatic heterocycles. The molecule has 132 valence electrons. The summed E-state index contributed by atoms with van der Waals surface area (Å²) in [6.45, 7) is 5.36. The lowest BCUT2D eigenvalue weighted by atomic mass is 9.94. The SMILES string of the molecule is CCOC(=O)C(C(=O)c1ccccc1)c1c([N+](=O)[O-])nc(C)n1CC. The zero-order chi connectivity index (χ0) is 18.6. The number of hydrogen-bond acceptors (Lipinski definition) is 6. The third kappa shape index (κ3) is 3.57. The highest BCUT2D eigenvalue weighted by molar-refractivity contribution is 6.13. The van der Waals surface area contributed by atoms with Crippen LogP contribution in [0.1, 0.15) is 41.6 Å². The maximum atomic E-state index is 12.9. The highest BCUT2D eigenvalue weighted by Crippen LogP contribution is 2.31. The van der Waals surface area contributed by atoms with Gasteiger partial charge in [0.25, 0.3) is 0 Å². The molecule has 0 aliphatic carbocycles. The van der Waals surface area contributed by atoms with Crippen LogP contribution in [0.4, 0.5) is 5.82 Å². The number of ether oxygens (including phenoxy) is 1. The Morgan fingerprint density at radius 3 is 2.44 bits per heavy atom. The molecule has 0 fully saturated rings. The number of esters is 1. The van der Waals surface area contributed by atoms with Gasteiger partial charge in [0, 0.05) is 19.0 Å². The summed E-state index contributed by atoms with van der Waals surface area (Å²) in [5.74, 6) is -2.96. The Morgan fingerprint density at radius 1 is 1.28 bits per heavy atom. The predicted octanol–water partition coefficient (Wildman–Crippen LogP) is 2.65. The standard InChI is InChI=1S/C17H19N3O5/c1-4-19-11(3)18-16(20(23)24)14(19)13(17(22)25-5-2)15(21)12-9-7-6-8-10-12/h6-10,13H,4-5H2,1-3H3. The molecule has 0 aliphatic rings. The zero-order valence-corrected chi connectivity index (χ0v) is 14.3. The summed E-state index contributed by atoms with van der Waals surface area (Å²) in [5.41, 5.74) is 0.230. The van der Waals surface area contributed by atoms with Gasteiger partial charge in [0.05, 0.1) is 6.61 Å². The molecule has 0 spiro atoms. The monoisotopic (exact) mass is 345 g/mol. The summed E-state index contributed by atoms with van der Waals surface area (Å²) in [6.07, 6.45) is 0. The Labute approximate surface area is 144 Å². The lowest BCUT2D eigenvalue weighted by Gasteiger charge is -2.16. The van der Waals surface area contributed by atoms with Crippen molar-refractivity contribution >= 4 is 17.6 Å². The van der Waals surface area contributed by atoms with Gasteiger partial charge >= 0.3 is 11.8 Å². The molecule has 25 heavy (non-hydrogen) atoms. The number of aryl methyl sites for hydroxylation is 1. The van der Waals surface area contributed by atoms with E-state index in [9.17, 15) is 19.7 Å². The summed E-state index contributed by atoms with van der Waals surface area (Å²) >= 11 is 0. The molecular formula is C17H19N3O5. The Bertz CT molecular complexity index is 798. The second-order valence-corrected chi connectivity index (χ2v) is 5.28. The van der Waals surface area contributed by atoms with E-state index >= 15 is 0 Å². The van der Waals surface area contributed by atoms with Crippen LogP contribution >= 0.6 is 0 Å². The minimum atomic E-state index is -1.44. The summed E-state index contributed by atoms with van der Waals surface area (Å²) in [5, 5.41) is 11.4. The number of imidazole rings is 1. The molecule has 0 amide bonds. The fourth-order valence-electron chi connectivity index (χ4n) is 2.72. The molecule has 8 nitrogen and oxygen atoms in total. The first-order valence-corrected chi connectivity index (χ1v) is 7.89. The van der Waals surface area contributed by atoms with Crippen molar-refractivity contribution in [3.8, 4) is 0 Å². The van der Waals surface area contributed by atoms with E-state index in [1.807, 2.05) is 0 Å². The number of rotatable bonds is 7. The van der Waals surface area contributed by atoms with Gasteiger partial charge in [-0.15, -0.1) is 0 Å². The van der Waals surface area contributed by atoms with E-state index in [1.165, 1.54) is 4.57 Å². The van der Waals surface area contributed by atoms with Gasteiger partial charge in [-0.3, -0.25) is 9.59 Å². The number of ketones is 1. The van der Waals surface area contributed by atoms with Crippen LogP contribution in [0.5, 0.6) is 0 Å². The zero-order valence-electron chi connectivity index (χ0n) is 14.3. The van der Waals surface area contributed by atoms with E-state index in [4.69, 9.17) is 4.74 Å². The van der Waals surface area contributed by atoms with E-state index in [1.54, 1.807) is 51.1 Å². The number of nitrogens with zero attached hydrogens (tertiary/aromatic N) is 3. The van der Waals surface area contributed by atoms with E-state index in [-0.39, 0.29) is 17.9 Å². The van der Waals surface area contributed by atoms with E-state index in [2.05, 4.69) is 4.98 Å². The van der Waals surface area contributed by atoms with Gasteiger partial charge in [0.1, 0.15) is 5.69 Å². The van der Waals surface area contributed by atoms with E-state index in [0.717, 1.165) is 0 Å². The first-order chi connectivity index (χ1) is 11.9. The fraction of sp³-hybridized carbons (Fsp3) is 0.353. The lowest BCUT2D eigenvalue weighted by Crippen LogP contribution is -2.27. The normalized spacial score (nSPS) is 11.8. The number of carbonyl (C=O) groups is 2. The molecule has 0 bridgehead atoms. The first kappa shape index (κ1) is 18.3. The number of benzene rings is 1. The smallest absolute Gasteiger partial charge is 0.386 e. The maximum absolute atomic E-state index is 12.9. The van der Waals surface area contributed by atoms with Crippen LogP contribution in [0, 0.1) is 17.0 Å². The van der Waals surface area contributed by atoms with Crippen LogP contribution in [0.3, 0.4) is 0 Å². The molecule has 1 aromatic carbocycles. The van der Waals surface area contributed by atoms with Gasteiger partial charge < -0.3 is 19.4 Å². The quantitative estimate of drug-likeness (QED) is 0.251. The third-order valence-electron chi connectivity index (χ3n) is 3.78. The molecule has 0 saturated carbocycles. The average molecular weight is 345 g/mol. The van der Waals surface area contributed by atoms with Crippen LogP contribution in [0.25, 0.3) is 0 Å². The lowest BCUT2D eigenvalue weighted by molar-refractivity contribution is -0.390. The van der Waals surface area contributed by atoms with Crippen molar-refractivity contribution in [1.29, 1.82) is 0 Å². The molecule has 1 aromatic heterocycles. The molecule has 2 aromatic rings. The second-order valence-electron chi connectivity index (χ2n) is 5.28. The Kier molecular flexibility index (Phi) is 5.63. The van der Waals surface area contributed by atoms with Crippen LogP contribution in [0.15, 0.2) is 30.3 Å². The molecule has 1 heterocycles. The topological polar surface area (TPSA) is 104 Å². The summed E-state index contributed by atoms with van der Waals surface area (Å²) in [4.78, 5) is 40.1. The van der Waals surface area contributed by atoms with Gasteiger partial charge in [-0.2, -0.15) is 0 Å². The van der Waals surface area contributed by atoms with Gasteiger partial charge in [0.15, 0.2) is 11.7 Å². The summed E-state index contributed by atoms with van der Waals surface area (Å²) in [6, 6.07) is 8.16. The van der Waals surface area contributed by atoms with Crippen molar-refractivity contribution in [3.05, 3.63) is 57.5 Å². The van der Waals surface area contributed by atoms with Crippen molar-refractivity contribution in [2.45, 2.75) is 33.2 Å². The number of Topliss-reactive ketones (excluding diaryl/α,β-unsaturated/α-hetero) is 1. The number of aromatic nitrogens is 2. The van der Waals surface area contributed by atoms with Gasteiger partial charge in [0.2, 0.25) is 5.82 Å².